The number of hydrogen-bond donors (Lipinski definition) is 1. The summed E-state index contributed by atoms with van der Waals surface area (Å²) in [5.41, 5.74) is 9.66. The molecule has 0 unspecified atom stereocenters. The van der Waals surface area contributed by atoms with Crippen LogP contribution in [0.1, 0.15) is 72.6 Å². The van der Waals surface area contributed by atoms with Crippen LogP contribution in [0.2, 0.25) is 5.02 Å². The minimum Gasteiger partial charge on any atom is -0.508 e. The molecule has 10 heteroatoms. The Hall–Kier alpha value is -7.62. The molecule has 0 aliphatic carbocycles. The van der Waals surface area contributed by atoms with E-state index in [1.54, 1.807) is 43.5 Å². The van der Waals surface area contributed by atoms with Gasteiger partial charge in [0.15, 0.2) is 0 Å². The number of benzene rings is 7. The monoisotopic (exact) mass is 896 g/mol. The molecular weight excluding hydrogens is 840 g/mol. The molecule has 7 rings (SSSR count). The van der Waals surface area contributed by atoms with E-state index in [0.29, 0.717) is 17.7 Å². The van der Waals surface area contributed by atoms with E-state index in [-0.39, 0.29) is 11.5 Å². The largest absolute Gasteiger partial charge is 0.508 e. The zero-order valence-electron chi connectivity index (χ0n) is 38.4. The van der Waals surface area contributed by atoms with Crippen molar-refractivity contribution in [2.24, 2.45) is 20.4 Å². The van der Waals surface area contributed by atoms with Crippen LogP contribution in [-0.4, -0.2) is 54.9 Å². The number of ether oxygens (including phenoxy) is 1. The number of carbonyl (C=O) groups excluding carboxylic acids is 1. The molecule has 0 spiro atoms. The summed E-state index contributed by atoms with van der Waals surface area (Å²) in [5, 5.41) is 32.1. The zero-order chi connectivity index (χ0) is 47.1. The van der Waals surface area contributed by atoms with E-state index in [1.165, 1.54) is 0 Å². The Balaban J connectivity index is 0.000000190. The Morgan fingerprint density at radius 3 is 1.29 bits per heavy atom. The van der Waals surface area contributed by atoms with E-state index in [0.717, 1.165) is 74.4 Å². The molecule has 1 N–H and O–H groups in total. The smallest absolute Gasteiger partial charge is 0.213 e. The van der Waals surface area contributed by atoms with E-state index in [9.17, 15) is 9.90 Å². The second kappa shape index (κ2) is 26.2. The van der Waals surface area contributed by atoms with Crippen LogP contribution in [0.3, 0.4) is 0 Å². The van der Waals surface area contributed by atoms with Gasteiger partial charge in [0.25, 0.3) is 0 Å². The Labute approximate surface area is 394 Å². The number of para-hydroxylation sites is 2. The molecule has 0 bridgehead atoms. The van der Waals surface area contributed by atoms with Crippen molar-refractivity contribution in [3.05, 3.63) is 227 Å². The Morgan fingerprint density at radius 2 is 0.864 bits per heavy atom. The van der Waals surface area contributed by atoms with E-state index in [4.69, 9.17) is 21.4 Å². The summed E-state index contributed by atoms with van der Waals surface area (Å²) in [6.45, 7) is 6.19. The highest BCUT2D eigenvalue weighted by atomic mass is 35.5. The molecule has 0 aliphatic rings. The molecule has 0 atom stereocenters. The summed E-state index contributed by atoms with van der Waals surface area (Å²) in [4.78, 5) is 13.0. The zero-order valence-corrected chi connectivity index (χ0v) is 39.2. The first kappa shape index (κ1) is 49.4. The van der Waals surface area contributed by atoms with E-state index >= 15 is 0 Å². The van der Waals surface area contributed by atoms with Crippen molar-refractivity contribution in [1.82, 2.24) is 0 Å². The number of hydrazone groups is 2. The summed E-state index contributed by atoms with van der Waals surface area (Å²) in [6.07, 6.45) is 2.40. The standard InChI is InChI=1S/C23H20N2O2.C17H20N2O.C16H17ClN2/c1-2-21(17-13-15-20(26)16-14-17)24-25-22(18-9-5-3-6-10-18)23(27)19-11-7-4-8-12-19;1-4-17(14-10-12-16(20-3)13-11-14)18-19(2)15-8-6-5-7-9-15;1-3-16(13-9-11-14(17)12-10-13)18-19(2)15-7-5-4-6-8-15/h3-16,26H,2H2,1H3;5-13H,4H2,1-3H3;4-12H,3H2,1-2H3/b24-21-,25-22+;18-17-;18-16-. The third-order valence-electron chi connectivity index (χ3n) is 10.2. The van der Waals surface area contributed by atoms with Crippen molar-refractivity contribution in [2.45, 2.75) is 40.0 Å². The Bertz CT molecular complexity index is 2660. The van der Waals surface area contributed by atoms with Crippen molar-refractivity contribution in [2.75, 3.05) is 31.2 Å². The van der Waals surface area contributed by atoms with E-state index in [1.807, 2.05) is 189 Å². The Morgan fingerprint density at radius 1 is 0.485 bits per heavy atom. The third-order valence-corrected chi connectivity index (χ3v) is 10.4. The second-order valence-corrected chi connectivity index (χ2v) is 15.1. The van der Waals surface area contributed by atoms with Gasteiger partial charge < -0.3 is 9.84 Å². The topological polar surface area (TPSA) is 102 Å². The molecule has 0 aliphatic heterocycles. The number of Topliss-reactive ketones (excluding diaryl/α,β-unsaturated/α-hetero) is 1. The van der Waals surface area contributed by atoms with Gasteiger partial charge in [0, 0.05) is 30.2 Å². The fourth-order valence-corrected chi connectivity index (χ4v) is 6.64. The van der Waals surface area contributed by atoms with Crippen LogP contribution in [0.5, 0.6) is 11.5 Å². The minimum atomic E-state index is -0.174. The highest BCUT2D eigenvalue weighted by Gasteiger charge is 2.16. The van der Waals surface area contributed by atoms with E-state index < -0.39 is 0 Å². The summed E-state index contributed by atoms with van der Waals surface area (Å²) < 4.78 is 5.18. The maximum Gasteiger partial charge on any atom is 0.213 e. The lowest BCUT2D eigenvalue weighted by Crippen LogP contribution is -2.16. The number of hydrogen-bond acceptors (Lipinski definition) is 9. The highest BCUT2D eigenvalue weighted by molar-refractivity contribution is 6.51. The predicted octanol–water partition coefficient (Wildman–Crippen LogP) is 13.4. The van der Waals surface area contributed by atoms with Crippen LogP contribution < -0.4 is 14.8 Å². The van der Waals surface area contributed by atoms with Gasteiger partial charge in [-0.05, 0) is 121 Å². The number of nitrogens with zero attached hydrogens (tertiary/aromatic N) is 6. The molecular formula is C56H57ClN6O3. The first-order valence-electron chi connectivity index (χ1n) is 21.9. The fourth-order valence-electron chi connectivity index (χ4n) is 6.51. The van der Waals surface area contributed by atoms with Gasteiger partial charge in [0.2, 0.25) is 5.78 Å². The Kier molecular flexibility index (Phi) is 19.6. The molecule has 0 aromatic heterocycles. The predicted molar refractivity (Wildman–Crippen MR) is 276 cm³/mol. The van der Waals surface area contributed by atoms with Crippen LogP contribution in [0, 0.1) is 0 Å². The van der Waals surface area contributed by atoms with Gasteiger partial charge >= 0.3 is 0 Å². The number of methoxy groups -OCH3 is 1. The van der Waals surface area contributed by atoms with Crippen molar-refractivity contribution >= 4 is 51.6 Å². The number of carbonyl (C=O) groups is 1. The molecule has 7 aromatic carbocycles. The third kappa shape index (κ3) is 15.0. The summed E-state index contributed by atoms with van der Waals surface area (Å²) in [6, 6.07) is 61.2. The first-order valence-corrected chi connectivity index (χ1v) is 22.2. The molecule has 0 fully saturated rings. The van der Waals surface area contributed by atoms with Crippen molar-refractivity contribution in [3.8, 4) is 11.5 Å². The summed E-state index contributed by atoms with van der Waals surface area (Å²) in [7, 11) is 5.60. The van der Waals surface area contributed by atoms with Crippen molar-refractivity contribution in [1.29, 1.82) is 0 Å². The average molecular weight is 898 g/mol. The van der Waals surface area contributed by atoms with E-state index in [2.05, 4.69) is 29.2 Å². The van der Waals surface area contributed by atoms with Crippen LogP contribution in [0.4, 0.5) is 11.4 Å². The van der Waals surface area contributed by atoms with Gasteiger partial charge in [0.05, 0.1) is 35.6 Å². The average Bonchev–Trinajstić information content (AvgIpc) is 3.38. The normalized spacial score (nSPS) is 11.6. The molecule has 7 aromatic rings. The van der Waals surface area contributed by atoms with Gasteiger partial charge in [0.1, 0.15) is 17.2 Å². The highest BCUT2D eigenvalue weighted by Crippen LogP contribution is 2.19. The number of ketones is 1. The van der Waals surface area contributed by atoms with Crippen LogP contribution >= 0.6 is 11.6 Å². The second-order valence-electron chi connectivity index (χ2n) is 14.7. The molecule has 0 amide bonds. The van der Waals surface area contributed by atoms with Gasteiger partial charge in [-0.25, -0.2) is 0 Å². The number of phenols is 1. The quantitative estimate of drug-likeness (QED) is 0.0627. The van der Waals surface area contributed by atoms with Gasteiger partial charge in [-0.1, -0.05) is 142 Å². The molecule has 0 saturated heterocycles. The molecule has 336 valence electrons. The number of rotatable bonds is 15. The van der Waals surface area contributed by atoms with Crippen molar-refractivity contribution < 1.29 is 14.6 Å². The van der Waals surface area contributed by atoms with Gasteiger partial charge in [-0.2, -0.15) is 15.3 Å². The molecule has 0 radical (unpaired) electrons. The molecule has 9 nitrogen and oxygen atoms in total. The van der Waals surface area contributed by atoms with Gasteiger partial charge in [-0.3, -0.25) is 14.8 Å². The maximum atomic E-state index is 13.0. The molecule has 0 saturated carbocycles. The maximum absolute atomic E-state index is 13.0. The molecule has 0 heterocycles. The first-order chi connectivity index (χ1) is 32.1. The number of anilines is 2. The number of phenolic OH excluding ortho intramolecular Hbond substituents is 1. The number of aromatic hydroxyl groups is 1. The fraction of sp³-hybridized carbons (Fsp3) is 0.161. The van der Waals surface area contributed by atoms with Crippen molar-refractivity contribution in [3.63, 3.8) is 0 Å². The molecule has 66 heavy (non-hydrogen) atoms. The summed E-state index contributed by atoms with van der Waals surface area (Å²) in [5.74, 6) is 0.884. The van der Waals surface area contributed by atoms with Crippen LogP contribution in [0.15, 0.2) is 215 Å². The lowest BCUT2D eigenvalue weighted by atomic mass is 10.0. The SMILES string of the molecule is CC/C(=N/N(C)c1ccccc1)c1ccc(Cl)cc1.CC/C(=N/N(C)c1ccccc1)c1ccc(OC)cc1.CC/C(=N/N=C(/C(=O)c1ccccc1)c1ccccc1)c1ccc(O)cc1. The number of halogens is 1. The lowest BCUT2D eigenvalue weighted by Gasteiger charge is -2.15. The van der Waals surface area contributed by atoms with Gasteiger partial charge in [-0.15, -0.1) is 5.10 Å². The lowest BCUT2D eigenvalue weighted by molar-refractivity contribution is 0.106. The van der Waals surface area contributed by atoms with Crippen LogP contribution in [0.25, 0.3) is 0 Å². The van der Waals surface area contributed by atoms with Crippen LogP contribution in [-0.2, 0) is 0 Å². The minimum absolute atomic E-state index is 0.174. The summed E-state index contributed by atoms with van der Waals surface area (Å²) >= 11 is 5.91.